The summed E-state index contributed by atoms with van der Waals surface area (Å²) in [5.74, 6) is 0. The summed E-state index contributed by atoms with van der Waals surface area (Å²) in [6.07, 6.45) is 0. The van der Waals surface area contributed by atoms with Gasteiger partial charge in [-0.15, -0.1) is 0 Å². The normalized spacial score (nSPS) is 25.8. The molecule has 1 aliphatic heterocycles. The molecule has 1 aromatic carbocycles. The van der Waals surface area contributed by atoms with Crippen LogP contribution in [-0.2, 0) is 0 Å². The largest absolute Gasteiger partial charge is 0.399 e. The van der Waals surface area contributed by atoms with Gasteiger partial charge in [-0.05, 0) is 24.6 Å². The van der Waals surface area contributed by atoms with Crippen molar-refractivity contribution in [2.24, 2.45) is 0 Å². The van der Waals surface area contributed by atoms with Gasteiger partial charge in [0.2, 0.25) is 0 Å². The summed E-state index contributed by atoms with van der Waals surface area (Å²) in [5, 5.41) is 1.40. The number of hydrogen-bond donors (Lipinski definition) is 1. The van der Waals surface area contributed by atoms with Crippen LogP contribution in [0.3, 0.4) is 0 Å². The first kappa shape index (κ1) is 11.6. The molecule has 1 heterocycles. The van der Waals surface area contributed by atoms with Crippen LogP contribution < -0.4 is 10.6 Å². The second kappa shape index (κ2) is 4.58. The highest BCUT2D eigenvalue weighted by molar-refractivity contribution is 8.00. The molecule has 3 heteroatoms. The maximum atomic E-state index is 5.87. The Kier molecular flexibility index (Phi) is 3.33. The van der Waals surface area contributed by atoms with E-state index in [0.29, 0.717) is 10.5 Å². The quantitative estimate of drug-likeness (QED) is 0.760. The van der Waals surface area contributed by atoms with E-state index < -0.39 is 0 Å². The van der Waals surface area contributed by atoms with Crippen LogP contribution in [0.25, 0.3) is 0 Å². The van der Waals surface area contributed by atoms with Crippen LogP contribution in [0.1, 0.15) is 19.4 Å². The zero-order valence-electron chi connectivity index (χ0n) is 10.2. The molecular formula is C13H20N2S. The van der Waals surface area contributed by atoms with Gasteiger partial charge in [0, 0.05) is 35.0 Å². The molecule has 16 heavy (non-hydrogen) atoms. The molecule has 1 aliphatic rings. The summed E-state index contributed by atoms with van der Waals surface area (Å²) >= 11 is 2.08. The fourth-order valence-corrected chi connectivity index (χ4v) is 3.67. The number of benzene rings is 1. The molecule has 2 unspecified atom stereocenters. The first-order valence-electron chi connectivity index (χ1n) is 5.83. The maximum Gasteiger partial charge on any atom is 0.0417 e. The fraction of sp³-hybridized carbons (Fsp3) is 0.538. The van der Waals surface area contributed by atoms with Gasteiger partial charge >= 0.3 is 0 Å². The lowest BCUT2D eigenvalue weighted by atomic mass is 10.1. The fourth-order valence-electron chi connectivity index (χ4n) is 2.34. The van der Waals surface area contributed by atoms with Crippen molar-refractivity contribution >= 4 is 23.1 Å². The molecule has 2 rings (SSSR count). The number of nitrogens with zero attached hydrogens (tertiary/aromatic N) is 1. The predicted molar refractivity (Wildman–Crippen MR) is 74.3 cm³/mol. The number of nitrogen functional groups attached to an aromatic ring is 1. The van der Waals surface area contributed by atoms with Crippen molar-refractivity contribution in [3.05, 3.63) is 23.8 Å². The summed E-state index contributed by atoms with van der Waals surface area (Å²) in [4.78, 5) is 2.47. The monoisotopic (exact) mass is 236 g/mol. The predicted octanol–water partition coefficient (Wildman–Crippen LogP) is 2.91. The summed E-state index contributed by atoms with van der Waals surface area (Å²) < 4.78 is 0. The van der Waals surface area contributed by atoms with Crippen molar-refractivity contribution in [3.63, 3.8) is 0 Å². The molecule has 2 N–H and O–H groups in total. The average molecular weight is 236 g/mol. The van der Waals surface area contributed by atoms with Gasteiger partial charge in [-0.3, -0.25) is 0 Å². The molecular weight excluding hydrogens is 216 g/mol. The smallest absolute Gasteiger partial charge is 0.0417 e. The third-order valence-corrected chi connectivity index (χ3v) is 4.22. The van der Waals surface area contributed by atoms with Crippen molar-refractivity contribution in [1.82, 2.24) is 0 Å². The van der Waals surface area contributed by atoms with Gasteiger partial charge in [0.15, 0.2) is 0 Å². The van der Waals surface area contributed by atoms with Crippen molar-refractivity contribution in [2.45, 2.75) is 31.3 Å². The van der Waals surface area contributed by atoms with E-state index in [1.807, 2.05) is 6.07 Å². The summed E-state index contributed by atoms with van der Waals surface area (Å²) in [7, 11) is 0. The first-order valence-corrected chi connectivity index (χ1v) is 6.77. The minimum atomic E-state index is 0.699. The van der Waals surface area contributed by atoms with Gasteiger partial charge < -0.3 is 10.6 Å². The van der Waals surface area contributed by atoms with Gasteiger partial charge in [-0.25, -0.2) is 0 Å². The first-order chi connectivity index (χ1) is 7.56. The Morgan fingerprint density at radius 3 is 2.50 bits per heavy atom. The van der Waals surface area contributed by atoms with E-state index in [1.165, 1.54) is 11.3 Å². The standard InChI is InChI=1S/C13H20N2S/c1-9-4-5-12(14)6-13(9)15-7-10(2)16-11(3)8-15/h4-6,10-11H,7-8,14H2,1-3H3. The van der Waals surface area contributed by atoms with E-state index >= 15 is 0 Å². The molecule has 1 aromatic rings. The Labute approximate surface area is 102 Å². The lowest BCUT2D eigenvalue weighted by Gasteiger charge is -2.37. The lowest BCUT2D eigenvalue weighted by Crippen LogP contribution is -2.40. The highest BCUT2D eigenvalue weighted by atomic mass is 32.2. The number of nitrogens with two attached hydrogens (primary N) is 1. The van der Waals surface area contributed by atoms with E-state index in [9.17, 15) is 0 Å². The van der Waals surface area contributed by atoms with Gasteiger partial charge in [-0.2, -0.15) is 11.8 Å². The van der Waals surface area contributed by atoms with E-state index in [2.05, 4.69) is 49.6 Å². The highest BCUT2D eigenvalue weighted by Gasteiger charge is 2.23. The van der Waals surface area contributed by atoms with Crippen LogP contribution in [0.15, 0.2) is 18.2 Å². The van der Waals surface area contributed by atoms with E-state index in [4.69, 9.17) is 5.73 Å². The van der Waals surface area contributed by atoms with Gasteiger partial charge in [0.25, 0.3) is 0 Å². The molecule has 1 saturated heterocycles. The Bertz CT molecular complexity index is 368. The SMILES string of the molecule is Cc1ccc(N)cc1N1CC(C)SC(C)C1. The van der Waals surface area contributed by atoms with Crippen LogP contribution >= 0.6 is 11.8 Å². The molecule has 88 valence electrons. The molecule has 0 bridgehead atoms. The highest BCUT2D eigenvalue weighted by Crippen LogP contribution is 2.31. The third-order valence-electron chi connectivity index (χ3n) is 2.99. The minimum absolute atomic E-state index is 0.699. The number of thioether (sulfide) groups is 1. The van der Waals surface area contributed by atoms with Crippen LogP contribution in [0.2, 0.25) is 0 Å². The van der Waals surface area contributed by atoms with Crippen LogP contribution in [0.4, 0.5) is 11.4 Å². The summed E-state index contributed by atoms with van der Waals surface area (Å²) in [6.45, 7) is 9.01. The molecule has 0 amide bonds. The Balaban J connectivity index is 2.25. The zero-order valence-corrected chi connectivity index (χ0v) is 11.1. The number of anilines is 2. The molecule has 0 radical (unpaired) electrons. The van der Waals surface area contributed by atoms with Crippen molar-refractivity contribution in [3.8, 4) is 0 Å². The minimum Gasteiger partial charge on any atom is -0.399 e. The number of hydrogen-bond acceptors (Lipinski definition) is 3. The Morgan fingerprint density at radius 2 is 1.88 bits per heavy atom. The summed E-state index contributed by atoms with van der Waals surface area (Å²) in [5.41, 5.74) is 9.36. The van der Waals surface area contributed by atoms with Gasteiger partial charge in [0.1, 0.15) is 0 Å². The van der Waals surface area contributed by atoms with Crippen LogP contribution in [0, 0.1) is 6.92 Å². The van der Waals surface area contributed by atoms with Crippen LogP contribution in [-0.4, -0.2) is 23.6 Å². The lowest BCUT2D eigenvalue weighted by molar-refractivity contribution is 0.726. The molecule has 1 fully saturated rings. The Hall–Kier alpha value is -0.830. The maximum absolute atomic E-state index is 5.87. The van der Waals surface area contributed by atoms with E-state index in [1.54, 1.807) is 0 Å². The second-order valence-corrected chi connectivity index (χ2v) is 6.59. The molecule has 2 atom stereocenters. The number of aryl methyl sites for hydroxylation is 1. The average Bonchev–Trinajstić information content (AvgIpc) is 2.20. The second-order valence-electron chi connectivity index (χ2n) is 4.71. The van der Waals surface area contributed by atoms with Gasteiger partial charge in [0.05, 0.1) is 0 Å². The van der Waals surface area contributed by atoms with Gasteiger partial charge in [-0.1, -0.05) is 19.9 Å². The van der Waals surface area contributed by atoms with Crippen molar-refractivity contribution in [2.75, 3.05) is 23.7 Å². The van der Waals surface area contributed by atoms with Crippen molar-refractivity contribution < 1.29 is 0 Å². The van der Waals surface area contributed by atoms with E-state index in [-0.39, 0.29) is 0 Å². The van der Waals surface area contributed by atoms with Crippen LogP contribution in [0.5, 0.6) is 0 Å². The Morgan fingerprint density at radius 1 is 1.25 bits per heavy atom. The molecule has 0 spiro atoms. The molecule has 2 nitrogen and oxygen atoms in total. The number of rotatable bonds is 1. The third kappa shape index (κ3) is 2.46. The molecule has 0 saturated carbocycles. The van der Waals surface area contributed by atoms with E-state index in [0.717, 1.165) is 18.8 Å². The zero-order chi connectivity index (χ0) is 11.7. The molecule has 0 aromatic heterocycles. The van der Waals surface area contributed by atoms with Crippen molar-refractivity contribution in [1.29, 1.82) is 0 Å². The summed E-state index contributed by atoms with van der Waals surface area (Å²) in [6, 6.07) is 6.19. The topological polar surface area (TPSA) is 29.3 Å². The molecule has 0 aliphatic carbocycles.